The van der Waals surface area contributed by atoms with E-state index in [9.17, 15) is 0 Å². The van der Waals surface area contributed by atoms with Crippen LogP contribution in [-0.2, 0) is 12.0 Å². The van der Waals surface area contributed by atoms with Crippen LogP contribution in [0.25, 0.3) is 11.6 Å². The highest BCUT2D eigenvalue weighted by Gasteiger charge is 2.43. The minimum atomic E-state index is 0.287. The van der Waals surface area contributed by atoms with E-state index in [1.807, 2.05) is 19.1 Å². The zero-order valence-electron chi connectivity index (χ0n) is 10.6. The van der Waals surface area contributed by atoms with Gasteiger partial charge in [-0.25, -0.2) is 0 Å². The first kappa shape index (κ1) is 10.4. The average Bonchev–Trinajstić information content (AvgIpc) is 3.08. The largest absolute Gasteiger partial charge is 0.458 e. The fraction of sp³-hybridized carbons (Fsp3) is 0.571. The number of fused-ring (bicyclic) bond motifs is 2. The number of furan rings is 1. The van der Waals surface area contributed by atoms with Crippen LogP contribution < -0.4 is 0 Å². The number of aromatic nitrogens is 3. The van der Waals surface area contributed by atoms with Gasteiger partial charge in [-0.1, -0.05) is 12.8 Å². The molecular formula is C14H17N3O. The Kier molecular flexibility index (Phi) is 1.99. The van der Waals surface area contributed by atoms with Gasteiger partial charge in [0.15, 0.2) is 11.6 Å². The van der Waals surface area contributed by atoms with Gasteiger partial charge in [0.1, 0.15) is 11.6 Å². The Morgan fingerprint density at radius 2 is 2.00 bits per heavy atom. The molecule has 0 amide bonds. The van der Waals surface area contributed by atoms with Crippen LogP contribution in [0.3, 0.4) is 0 Å². The summed E-state index contributed by atoms with van der Waals surface area (Å²) in [4.78, 5) is 0. The molecule has 1 fully saturated rings. The van der Waals surface area contributed by atoms with Crippen LogP contribution in [0, 0.1) is 6.92 Å². The molecule has 0 saturated heterocycles. The molecule has 0 radical (unpaired) electrons. The van der Waals surface area contributed by atoms with E-state index in [1.54, 1.807) is 0 Å². The first-order valence-corrected chi connectivity index (χ1v) is 6.80. The third-order valence-corrected chi connectivity index (χ3v) is 4.51. The maximum atomic E-state index is 5.73. The van der Waals surface area contributed by atoms with Crippen molar-refractivity contribution in [3.05, 3.63) is 23.7 Å². The van der Waals surface area contributed by atoms with Crippen LogP contribution in [0.1, 0.15) is 43.7 Å². The lowest BCUT2D eigenvalue weighted by Gasteiger charge is -2.26. The molecule has 3 heterocycles. The van der Waals surface area contributed by atoms with E-state index in [1.165, 1.54) is 32.1 Å². The minimum Gasteiger partial charge on any atom is -0.458 e. The third kappa shape index (κ3) is 1.26. The van der Waals surface area contributed by atoms with Crippen LogP contribution in [0.15, 0.2) is 16.5 Å². The molecule has 0 aromatic carbocycles. The van der Waals surface area contributed by atoms with Gasteiger partial charge < -0.3 is 8.98 Å². The summed E-state index contributed by atoms with van der Waals surface area (Å²) in [7, 11) is 0. The summed E-state index contributed by atoms with van der Waals surface area (Å²) in [5.74, 6) is 3.86. The Balaban J connectivity index is 1.88. The summed E-state index contributed by atoms with van der Waals surface area (Å²) >= 11 is 0. The zero-order chi connectivity index (χ0) is 12.2. The first-order valence-electron chi connectivity index (χ1n) is 6.80. The van der Waals surface area contributed by atoms with Gasteiger partial charge in [-0.3, -0.25) is 0 Å². The van der Waals surface area contributed by atoms with Gasteiger partial charge in [0.05, 0.1) is 0 Å². The van der Waals surface area contributed by atoms with Crippen LogP contribution in [0.4, 0.5) is 0 Å². The standard InChI is InChI=1S/C14H17N3O/c1-10-4-5-11(18-10)13-16-15-12-6-9-14(17(12)13)7-2-3-8-14/h4-5H,2-3,6-9H2,1H3. The Morgan fingerprint density at radius 1 is 1.17 bits per heavy atom. The number of aryl methyl sites for hydroxylation is 2. The van der Waals surface area contributed by atoms with Crippen molar-refractivity contribution in [2.75, 3.05) is 0 Å². The molecular weight excluding hydrogens is 226 g/mol. The molecule has 0 N–H and O–H groups in total. The van der Waals surface area contributed by atoms with Crippen molar-refractivity contribution < 1.29 is 4.42 Å². The Morgan fingerprint density at radius 3 is 2.72 bits per heavy atom. The molecule has 18 heavy (non-hydrogen) atoms. The van der Waals surface area contributed by atoms with Crippen molar-refractivity contribution in [2.45, 2.75) is 51.0 Å². The van der Waals surface area contributed by atoms with E-state index < -0.39 is 0 Å². The second kappa shape index (κ2) is 3.46. The topological polar surface area (TPSA) is 43.9 Å². The molecule has 1 spiro atoms. The van der Waals surface area contributed by atoms with Gasteiger partial charge in [0.25, 0.3) is 0 Å². The van der Waals surface area contributed by atoms with Crippen LogP contribution in [-0.4, -0.2) is 14.8 Å². The van der Waals surface area contributed by atoms with Gasteiger partial charge in [-0.05, 0) is 38.3 Å². The Bertz CT molecular complexity index is 590. The number of hydrogen-bond donors (Lipinski definition) is 0. The van der Waals surface area contributed by atoms with Crippen LogP contribution in [0.5, 0.6) is 0 Å². The van der Waals surface area contributed by atoms with Crippen molar-refractivity contribution in [3.8, 4) is 11.6 Å². The normalized spacial score (nSPS) is 20.7. The molecule has 2 aromatic rings. The molecule has 4 nitrogen and oxygen atoms in total. The highest BCUT2D eigenvalue weighted by atomic mass is 16.3. The SMILES string of the molecule is Cc1ccc(-c2nnc3n2C2(CCCC2)CC3)o1. The second-order valence-electron chi connectivity index (χ2n) is 5.62. The predicted molar refractivity (Wildman–Crippen MR) is 67.2 cm³/mol. The zero-order valence-corrected chi connectivity index (χ0v) is 10.6. The summed E-state index contributed by atoms with van der Waals surface area (Å²) in [6.45, 7) is 1.97. The minimum absolute atomic E-state index is 0.287. The molecule has 1 aliphatic carbocycles. The van der Waals surface area contributed by atoms with E-state index in [0.29, 0.717) is 0 Å². The molecule has 0 unspecified atom stereocenters. The second-order valence-corrected chi connectivity index (χ2v) is 5.62. The highest BCUT2D eigenvalue weighted by Crippen LogP contribution is 2.46. The van der Waals surface area contributed by atoms with E-state index in [0.717, 1.165) is 29.6 Å². The molecule has 1 saturated carbocycles. The summed E-state index contributed by atoms with van der Waals surface area (Å²) in [5.41, 5.74) is 0.287. The van der Waals surface area contributed by atoms with E-state index in [-0.39, 0.29) is 5.54 Å². The lowest BCUT2D eigenvalue weighted by molar-refractivity contribution is 0.310. The number of nitrogens with zero attached hydrogens (tertiary/aromatic N) is 3. The maximum Gasteiger partial charge on any atom is 0.200 e. The van der Waals surface area contributed by atoms with Gasteiger partial charge in [0, 0.05) is 12.0 Å². The molecule has 1 aliphatic heterocycles. The summed E-state index contributed by atoms with van der Waals surface area (Å²) in [6, 6.07) is 4.00. The van der Waals surface area contributed by atoms with E-state index in [2.05, 4.69) is 14.8 Å². The lowest BCUT2D eigenvalue weighted by Crippen LogP contribution is -2.26. The fourth-order valence-corrected chi connectivity index (χ4v) is 3.65. The van der Waals surface area contributed by atoms with Gasteiger partial charge in [0.2, 0.25) is 0 Å². The smallest absolute Gasteiger partial charge is 0.200 e. The van der Waals surface area contributed by atoms with E-state index >= 15 is 0 Å². The molecule has 4 rings (SSSR count). The number of hydrogen-bond acceptors (Lipinski definition) is 3. The van der Waals surface area contributed by atoms with E-state index in [4.69, 9.17) is 4.42 Å². The van der Waals surface area contributed by atoms with Gasteiger partial charge >= 0.3 is 0 Å². The quantitative estimate of drug-likeness (QED) is 0.773. The van der Waals surface area contributed by atoms with Gasteiger partial charge in [-0.2, -0.15) is 0 Å². The van der Waals surface area contributed by atoms with Gasteiger partial charge in [-0.15, -0.1) is 10.2 Å². The Labute approximate surface area is 106 Å². The predicted octanol–water partition coefficient (Wildman–Crippen LogP) is 3.06. The first-order chi connectivity index (χ1) is 8.78. The van der Waals surface area contributed by atoms with Crippen LogP contribution in [0.2, 0.25) is 0 Å². The molecule has 0 atom stereocenters. The molecule has 2 aromatic heterocycles. The van der Waals surface area contributed by atoms with Crippen LogP contribution >= 0.6 is 0 Å². The maximum absolute atomic E-state index is 5.73. The third-order valence-electron chi connectivity index (χ3n) is 4.51. The summed E-state index contributed by atoms with van der Waals surface area (Å²) in [5, 5.41) is 8.71. The van der Waals surface area contributed by atoms with Crippen molar-refractivity contribution >= 4 is 0 Å². The molecule has 4 heteroatoms. The van der Waals surface area contributed by atoms with Crippen molar-refractivity contribution in [1.29, 1.82) is 0 Å². The molecule has 94 valence electrons. The summed E-state index contributed by atoms with van der Waals surface area (Å²) < 4.78 is 8.11. The monoisotopic (exact) mass is 243 g/mol. The lowest BCUT2D eigenvalue weighted by atomic mass is 9.94. The van der Waals surface area contributed by atoms with Crippen molar-refractivity contribution in [3.63, 3.8) is 0 Å². The van der Waals surface area contributed by atoms with Crippen molar-refractivity contribution in [1.82, 2.24) is 14.8 Å². The Hall–Kier alpha value is -1.58. The number of rotatable bonds is 1. The molecule has 2 aliphatic rings. The summed E-state index contributed by atoms with van der Waals surface area (Å²) in [6.07, 6.45) is 7.48. The van der Waals surface area contributed by atoms with Crippen molar-refractivity contribution in [2.24, 2.45) is 0 Å². The fourth-order valence-electron chi connectivity index (χ4n) is 3.65. The average molecular weight is 243 g/mol. The highest BCUT2D eigenvalue weighted by molar-refractivity contribution is 5.49. The molecule has 0 bridgehead atoms.